The van der Waals surface area contributed by atoms with Crippen molar-refractivity contribution in [2.45, 2.75) is 39.3 Å². The van der Waals surface area contributed by atoms with Gasteiger partial charge in [-0.2, -0.15) is 0 Å². The Balaban J connectivity index is 2.51. The highest BCUT2D eigenvalue weighted by Crippen LogP contribution is 2.14. The normalized spacial score (nSPS) is 13.9. The van der Waals surface area contributed by atoms with Crippen LogP contribution in [0.4, 0.5) is 4.79 Å². The van der Waals surface area contributed by atoms with E-state index in [0.717, 1.165) is 5.01 Å². The molecule has 2 atom stereocenters. The van der Waals surface area contributed by atoms with E-state index in [-0.39, 0.29) is 12.0 Å². The van der Waals surface area contributed by atoms with Gasteiger partial charge in [-0.05, 0) is 19.3 Å². The number of carboxylic acid groups (broad SMARTS) is 1. The summed E-state index contributed by atoms with van der Waals surface area (Å²) in [5.41, 5.74) is 0. The monoisotopic (exact) mass is 285 g/mol. The maximum Gasteiger partial charge on any atom is 0.326 e. The van der Waals surface area contributed by atoms with Gasteiger partial charge in [0, 0.05) is 11.6 Å². The molecule has 0 aliphatic rings. The molecule has 19 heavy (non-hydrogen) atoms. The van der Waals surface area contributed by atoms with Gasteiger partial charge < -0.3 is 15.7 Å². The smallest absolute Gasteiger partial charge is 0.326 e. The van der Waals surface area contributed by atoms with Crippen molar-refractivity contribution in [3.8, 4) is 0 Å². The molecule has 2 amide bonds. The second-order valence-corrected chi connectivity index (χ2v) is 5.66. The van der Waals surface area contributed by atoms with E-state index >= 15 is 0 Å². The van der Waals surface area contributed by atoms with E-state index in [2.05, 4.69) is 15.6 Å². The van der Waals surface area contributed by atoms with Crippen LogP contribution in [0, 0.1) is 5.92 Å². The van der Waals surface area contributed by atoms with E-state index < -0.39 is 18.0 Å². The molecule has 1 heterocycles. The molecule has 0 saturated heterocycles. The fourth-order valence-electron chi connectivity index (χ4n) is 1.60. The molecule has 0 aliphatic carbocycles. The average Bonchev–Trinajstić information content (AvgIpc) is 2.80. The Labute approximate surface area is 116 Å². The zero-order chi connectivity index (χ0) is 14.4. The summed E-state index contributed by atoms with van der Waals surface area (Å²) in [5, 5.41) is 16.8. The summed E-state index contributed by atoms with van der Waals surface area (Å²) in [6.07, 6.45) is 2.06. The van der Waals surface area contributed by atoms with E-state index in [1.54, 1.807) is 13.1 Å². The highest BCUT2D eigenvalue weighted by atomic mass is 32.1. The molecule has 7 heteroatoms. The molecular formula is C12H19N3O3S. The Hall–Kier alpha value is -1.63. The number of thiazole rings is 1. The largest absolute Gasteiger partial charge is 0.480 e. The Morgan fingerprint density at radius 1 is 1.37 bits per heavy atom. The van der Waals surface area contributed by atoms with Crippen LogP contribution >= 0.6 is 11.3 Å². The molecule has 1 unspecified atom stereocenters. The third-order valence-electron chi connectivity index (χ3n) is 2.48. The fourth-order valence-corrected chi connectivity index (χ4v) is 2.25. The van der Waals surface area contributed by atoms with Crippen molar-refractivity contribution in [2.24, 2.45) is 5.92 Å². The van der Waals surface area contributed by atoms with Crippen LogP contribution in [0.25, 0.3) is 0 Å². The summed E-state index contributed by atoms with van der Waals surface area (Å²) in [6.45, 7) is 5.62. The third kappa shape index (κ3) is 5.25. The first-order valence-corrected chi connectivity index (χ1v) is 6.97. The highest BCUT2D eigenvalue weighted by Gasteiger charge is 2.22. The SMILES string of the molecule is CC(C)C[C@@H](NC(=O)NC(C)c1nccs1)C(=O)O. The number of aromatic nitrogens is 1. The molecule has 0 radical (unpaired) electrons. The predicted molar refractivity (Wildman–Crippen MR) is 73.1 cm³/mol. The fraction of sp³-hybridized carbons (Fsp3) is 0.583. The third-order valence-corrected chi connectivity index (χ3v) is 3.44. The summed E-state index contributed by atoms with van der Waals surface area (Å²) >= 11 is 1.44. The standard InChI is InChI=1S/C12H19N3O3S/c1-7(2)6-9(11(16)17)15-12(18)14-8(3)10-13-4-5-19-10/h4-5,7-9H,6H2,1-3H3,(H,16,17)(H2,14,15,18)/t8?,9-/m1/s1. The number of rotatable bonds is 6. The van der Waals surface area contributed by atoms with Crippen LogP contribution in [-0.2, 0) is 4.79 Å². The molecule has 1 rings (SSSR count). The number of nitrogens with zero attached hydrogens (tertiary/aromatic N) is 1. The zero-order valence-corrected chi connectivity index (χ0v) is 12.0. The van der Waals surface area contributed by atoms with Crippen molar-refractivity contribution in [3.05, 3.63) is 16.6 Å². The lowest BCUT2D eigenvalue weighted by Gasteiger charge is -2.18. The lowest BCUT2D eigenvalue weighted by atomic mass is 10.0. The van der Waals surface area contributed by atoms with Gasteiger partial charge in [-0.15, -0.1) is 11.3 Å². The summed E-state index contributed by atoms with van der Waals surface area (Å²) in [6, 6.07) is -1.60. The lowest BCUT2D eigenvalue weighted by molar-refractivity contribution is -0.139. The topological polar surface area (TPSA) is 91.3 Å². The van der Waals surface area contributed by atoms with Gasteiger partial charge in [0.15, 0.2) is 0 Å². The van der Waals surface area contributed by atoms with E-state index in [4.69, 9.17) is 5.11 Å². The molecule has 0 spiro atoms. The van der Waals surface area contributed by atoms with Crippen LogP contribution in [0.15, 0.2) is 11.6 Å². The first-order chi connectivity index (χ1) is 8.90. The van der Waals surface area contributed by atoms with Crippen molar-refractivity contribution in [1.29, 1.82) is 0 Å². The second-order valence-electron chi connectivity index (χ2n) is 4.73. The number of hydrogen-bond donors (Lipinski definition) is 3. The first kappa shape index (κ1) is 15.4. The minimum absolute atomic E-state index is 0.192. The molecule has 106 valence electrons. The van der Waals surface area contributed by atoms with Crippen LogP contribution < -0.4 is 10.6 Å². The van der Waals surface area contributed by atoms with Crippen LogP contribution in [0.2, 0.25) is 0 Å². The summed E-state index contributed by atoms with van der Waals surface area (Å²) in [7, 11) is 0. The predicted octanol–water partition coefficient (Wildman–Crippen LogP) is 2.00. The van der Waals surface area contributed by atoms with Gasteiger partial charge >= 0.3 is 12.0 Å². The molecule has 3 N–H and O–H groups in total. The van der Waals surface area contributed by atoms with E-state index in [1.165, 1.54) is 11.3 Å². The Bertz CT molecular complexity index is 420. The molecule has 1 aromatic heterocycles. The van der Waals surface area contributed by atoms with Gasteiger partial charge in [-0.3, -0.25) is 0 Å². The molecule has 0 fully saturated rings. The summed E-state index contributed by atoms with van der Waals surface area (Å²) in [4.78, 5) is 26.9. The number of aliphatic carboxylic acids is 1. The number of amides is 2. The first-order valence-electron chi connectivity index (χ1n) is 6.09. The van der Waals surface area contributed by atoms with Gasteiger partial charge in [0.1, 0.15) is 11.0 Å². The summed E-state index contributed by atoms with van der Waals surface area (Å²) < 4.78 is 0. The average molecular weight is 285 g/mol. The molecule has 0 aromatic carbocycles. The number of carbonyl (C=O) groups is 2. The Morgan fingerprint density at radius 3 is 2.53 bits per heavy atom. The van der Waals surface area contributed by atoms with Crippen LogP contribution in [-0.4, -0.2) is 28.1 Å². The molecule has 0 aliphatic heterocycles. The van der Waals surface area contributed by atoms with Gasteiger partial charge in [-0.25, -0.2) is 14.6 Å². The highest BCUT2D eigenvalue weighted by molar-refractivity contribution is 7.09. The maximum atomic E-state index is 11.7. The molecule has 1 aromatic rings. The second kappa shape index (κ2) is 7.08. The van der Waals surface area contributed by atoms with E-state index in [1.807, 2.05) is 19.2 Å². The quantitative estimate of drug-likeness (QED) is 0.745. The number of nitrogens with one attached hydrogen (secondary N) is 2. The van der Waals surface area contributed by atoms with E-state index in [9.17, 15) is 9.59 Å². The van der Waals surface area contributed by atoms with Crippen molar-refractivity contribution in [2.75, 3.05) is 0 Å². The summed E-state index contributed by atoms with van der Waals surface area (Å²) in [5.74, 6) is -0.830. The van der Waals surface area contributed by atoms with Gasteiger partial charge in [0.05, 0.1) is 6.04 Å². The lowest BCUT2D eigenvalue weighted by Crippen LogP contribution is -2.47. The Morgan fingerprint density at radius 2 is 2.05 bits per heavy atom. The van der Waals surface area contributed by atoms with Crippen molar-refractivity contribution < 1.29 is 14.7 Å². The molecule has 0 bridgehead atoms. The Kier molecular flexibility index (Phi) is 5.75. The van der Waals surface area contributed by atoms with E-state index in [0.29, 0.717) is 6.42 Å². The maximum absolute atomic E-state index is 11.7. The minimum Gasteiger partial charge on any atom is -0.480 e. The van der Waals surface area contributed by atoms with Crippen LogP contribution in [0.5, 0.6) is 0 Å². The van der Waals surface area contributed by atoms with Crippen LogP contribution in [0.3, 0.4) is 0 Å². The molecule has 6 nitrogen and oxygen atoms in total. The van der Waals surface area contributed by atoms with Crippen molar-refractivity contribution in [3.63, 3.8) is 0 Å². The zero-order valence-electron chi connectivity index (χ0n) is 11.2. The van der Waals surface area contributed by atoms with Gasteiger partial charge in [0.25, 0.3) is 0 Å². The number of urea groups is 1. The molecule has 0 saturated carbocycles. The van der Waals surface area contributed by atoms with Crippen molar-refractivity contribution in [1.82, 2.24) is 15.6 Å². The number of carbonyl (C=O) groups excluding carboxylic acids is 1. The van der Waals surface area contributed by atoms with Crippen molar-refractivity contribution >= 4 is 23.3 Å². The van der Waals surface area contributed by atoms with Gasteiger partial charge in [-0.1, -0.05) is 13.8 Å². The molecular weight excluding hydrogens is 266 g/mol. The minimum atomic E-state index is -1.02. The number of hydrogen-bond acceptors (Lipinski definition) is 4. The van der Waals surface area contributed by atoms with Crippen LogP contribution in [0.1, 0.15) is 38.2 Å². The van der Waals surface area contributed by atoms with Gasteiger partial charge in [0.2, 0.25) is 0 Å². The number of carboxylic acids is 1.